The molecule has 1 aliphatic heterocycles. The van der Waals surface area contributed by atoms with E-state index < -0.39 is 10.0 Å². The fourth-order valence-corrected chi connectivity index (χ4v) is 5.62. The largest absolute Gasteiger partial charge is 0.325 e. The van der Waals surface area contributed by atoms with Crippen LogP contribution in [-0.2, 0) is 27.7 Å². The lowest BCUT2D eigenvalue weighted by atomic mass is 10.1. The first-order valence-electron chi connectivity index (χ1n) is 9.81. The van der Waals surface area contributed by atoms with Crippen molar-refractivity contribution < 1.29 is 13.2 Å². The summed E-state index contributed by atoms with van der Waals surface area (Å²) >= 11 is 5.94. The molecule has 1 amide bonds. The summed E-state index contributed by atoms with van der Waals surface area (Å²) in [6.07, 6.45) is 3.08. The molecule has 154 valence electrons. The molecule has 4 rings (SSSR count). The van der Waals surface area contributed by atoms with Crippen LogP contribution < -0.4 is 5.32 Å². The summed E-state index contributed by atoms with van der Waals surface area (Å²) < 4.78 is 27.5. The topological polar surface area (TPSA) is 69.7 Å². The summed E-state index contributed by atoms with van der Waals surface area (Å²) in [5, 5.41) is 3.39. The second kappa shape index (κ2) is 8.44. The molecule has 6 nitrogen and oxygen atoms in total. The zero-order chi connectivity index (χ0) is 20.4. The van der Waals surface area contributed by atoms with Gasteiger partial charge in [0.15, 0.2) is 0 Å². The quantitative estimate of drug-likeness (QED) is 0.787. The van der Waals surface area contributed by atoms with E-state index in [2.05, 4.69) is 5.32 Å². The van der Waals surface area contributed by atoms with Crippen LogP contribution in [0, 0.1) is 0 Å². The number of benzene rings is 2. The molecule has 0 spiro atoms. The van der Waals surface area contributed by atoms with E-state index in [1.54, 1.807) is 30.3 Å². The maximum atomic E-state index is 13.0. The third kappa shape index (κ3) is 4.64. The molecular formula is C21H24ClN3O3S. The van der Waals surface area contributed by atoms with Crippen molar-refractivity contribution in [2.45, 2.75) is 24.2 Å². The highest BCUT2D eigenvalue weighted by Gasteiger charge is 2.29. The third-order valence-corrected chi connectivity index (χ3v) is 7.64. The van der Waals surface area contributed by atoms with Crippen molar-refractivity contribution in [2.24, 2.45) is 0 Å². The fraction of sp³-hybridized carbons (Fsp3) is 0.381. The molecule has 2 aromatic rings. The summed E-state index contributed by atoms with van der Waals surface area (Å²) in [6.45, 7) is 2.02. The Kier molecular flexibility index (Phi) is 5.92. The van der Waals surface area contributed by atoms with Gasteiger partial charge < -0.3 is 5.32 Å². The Morgan fingerprint density at radius 1 is 1.00 bits per heavy atom. The van der Waals surface area contributed by atoms with Gasteiger partial charge in [-0.1, -0.05) is 23.7 Å². The Morgan fingerprint density at radius 3 is 2.52 bits per heavy atom. The zero-order valence-electron chi connectivity index (χ0n) is 16.1. The van der Waals surface area contributed by atoms with Gasteiger partial charge in [0.2, 0.25) is 15.9 Å². The lowest BCUT2D eigenvalue weighted by Crippen LogP contribution is -2.50. The number of carbonyl (C=O) groups excluding carboxylic acids is 1. The van der Waals surface area contributed by atoms with Crippen LogP contribution >= 0.6 is 11.6 Å². The number of rotatable bonds is 5. The Labute approximate surface area is 176 Å². The van der Waals surface area contributed by atoms with Crippen molar-refractivity contribution in [3.05, 3.63) is 58.6 Å². The molecule has 1 N–H and O–H groups in total. The number of halogens is 1. The average molecular weight is 434 g/mol. The lowest BCUT2D eigenvalue weighted by Gasteiger charge is -2.33. The Bertz CT molecular complexity index is 1020. The van der Waals surface area contributed by atoms with E-state index in [9.17, 15) is 13.2 Å². The average Bonchev–Trinajstić information content (AvgIpc) is 3.16. The van der Waals surface area contributed by atoms with Crippen molar-refractivity contribution in [2.75, 3.05) is 38.0 Å². The first-order valence-corrected chi connectivity index (χ1v) is 11.6. The van der Waals surface area contributed by atoms with E-state index in [1.807, 2.05) is 17.0 Å². The molecule has 0 bridgehead atoms. The van der Waals surface area contributed by atoms with Gasteiger partial charge in [-0.3, -0.25) is 9.69 Å². The molecule has 1 saturated heterocycles. The monoisotopic (exact) mass is 433 g/mol. The number of hydrogen-bond acceptors (Lipinski definition) is 4. The van der Waals surface area contributed by atoms with Crippen LogP contribution in [0.3, 0.4) is 0 Å². The van der Waals surface area contributed by atoms with Crippen molar-refractivity contribution >= 4 is 33.2 Å². The van der Waals surface area contributed by atoms with E-state index >= 15 is 0 Å². The predicted molar refractivity (Wildman–Crippen MR) is 114 cm³/mol. The summed E-state index contributed by atoms with van der Waals surface area (Å²) in [5.41, 5.74) is 3.07. The molecule has 0 atom stereocenters. The summed E-state index contributed by atoms with van der Waals surface area (Å²) in [6, 6.07) is 12.5. The van der Waals surface area contributed by atoms with Crippen LogP contribution in [-0.4, -0.2) is 56.3 Å². The second-order valence-electron chi connectivity index (χ2n) is 7.52. The number of anilines is 1. The van der Waals surface area contributed by atoms with Crippen LogP contribution in [0.25, 0.3) is 0 Å². The van der Waals surface area contributed by atoms with Crippen molar-refractivity contribution in [3.63, 3.8) is 0 Å². The Balaban J connectivity index is 1.33. The van der Waals surface area contributed by atoms with Gasteiger partial charge in [0, 0.05) is 36.9 Å². The highest BCUT2D eigenvalue weighted by Crippen LogP contribution is 2.26. The Morgan fingerprint density at radius 2 is 1.76 bits per heavy atom. The number of hydrogen-bond donors (Lipinski definition) is 1. The molecule has 0 aromatic heterocycles. The van der Waals surface area contributed by atoms with E-state index in [1.165, 1.54) is 9.87 Å². The normalized spacial score (nSPS) is 17.8. The minimum Gasteiger partial charge on any atom is -0.325 e. The molecule has 29 heavy (non-hydrogen) atoms. The van der Waals surface area contributed by atoms with Gasteiger partial charge in [0.05, 0.1) is 11.4 Å². The summed E-state index contributed by atoms with van der Waals surface area (Å²) in [7, 11) is -3.50. The SMILES string of the molecule is O=C(CN1CCN(S(=O)(=O)c2ccc3c(c2)CCC3)CC1)Nc1cccc(Cl)c1. The van der Waals surface area contributed by atoms with Gasteiger partial charge >= 0.3 is 0 Å². The first kappa shape index (κ1) is 20.3. The first-order chi connectivity index (χ1) is 13.9. The van der Waals surface area contributed by atoms with Gasteiger partial charge in [-0.2, -0.15) is 4.31 Å². The van der Waals surface area contributed by atoms with Gasteiger partial charge in [-0.15, -0.1) is 0 Å². The lowest BCUT2D eigenvalue weighted by molar-refractivity contribution is -0.117. The van der Waals surface area contributed by atoms with Crippen LogP contribution in [0.2, 0.25) is 5.02 Å². The zero-order valence-corrected chi connectivity index (χ0v) is 17.7. The summed E-state index contributed by atoms with van der Waals surface area (Å²) in [4.78, 5) is 14.6. The van der Waals surface area contributed by atoms with Crippen LogP contribution in [0.5, 0.6) is 0 Å². The number of sulfonamides is 1. The highest BCUT2D eigenvalue weighted by atomic mass is 35.5. The maximum Gasteiger partial charge on any atom is 0.243 e. The van der Waals surface area contributed by atoms with Gasteiger partial charge in [-0.05, 0) is 60.7 Å². The predicted octanol–water partition coefficient (Wildman–Crippen LogP) is 2.77. The number of carbonyl (C=O) groups is 1. The molecule has 0 radical (unpaired) electrons. The van der Waals surface area contributed by atoms with Crippen LogP contribution in [0.15, 0.2) is 47.4 Å². The molecule has 1 heterocycles. The fourth-order valence-electron chi connectivity index (χ4n) is 3.96. The van der Waals surface area contributed by atoms with E-state index in [0.29, 0.717) is 41.8 Å². The van der Waals surface area contributed by atoms with Crippen LogP contribution in [0.1, 0.15) is 17.5 Å². The number of nitrogens with one attached hydrogen (secondary N) is 1. The van der Waals surface area contributed by atoms with Crippen molar-refractivity contribution in [3.8, 4) is 0 Å². The minimum absolute atomic E-state index is 0.137. The van der Waals surface area contributed by atoms with E-state index in [4.69, 9.17) is 11.6 Å². The molecule has 2 aromatic carbocycles. The molecular weight excluding hydrogens is 410 g/mol. The second-order valence-corrected chi connectivity index (χ2v) is 9.90. The minimum atomic E-state index is -3.50. The van der Waals surface area contributed by atoms with Gasteiger partial charge in [0.1, 0.15) is 0 Å². The molecule has 8 heteroatoms. The number of aryl methyl sites for hydroxylation is 2. The van der Waals surface area contributed by atoms with Gasteiger partial charge in [-0.25, -0.2) is 8.42 Å². The molecule has 2 aliphatic rings. The van der Waals surface area contributed by atoms with Crippen molar-refractivity contribution in [1.82, 2.24) is 9.21 Å². The molecule has 1 fully saturated rings. The number of piperazine rings is 1. The standard InChI is InChI=1S/C21H24ClN3O3S/c22-18-5-2-6-19(14-18)23-21(26)15-24-9-11-25(12-10-24)29(27,28)20-8-7-16-3-1-4-17(16)13-20/h2,5-8,13-14H,1,3-4,9-12,15H2,(H,23,26). The third-order valence-electron chi connectivity index (χ3n) is 5.51. The van der Waals surface area contributed by atoms with E-state index in [-0.39, 0.29) is 12.5 Å². The maximum absolute atomic E-state index is 13.0. The Hall–Kier alpha value is -1.93. The molecule has 1 aliphatic carbocycles. The number of amides is 1. The molecule has 0 unspecified atom stereocenters. The highest BCUT2D eigenvalue weighted by molar-refractivity contribution is 7.89. The van der Waals surface area contributed by atoms with Crippen LogP contribution in [0.4, 0.5) is 5.69 Å². The number of fused-ring (bicyclic) bond motifs is 1. The van der Waals surface area contributed by atoms with E-state index in [0.717, 1.165) is 24.8 Å². The smallest absolute Gasteiger partial charge is 0.243 e. The molecule has 0 saturated carbocycles. The number of nitrogens with zero attached hydrogens (tertiary/aromatic N) is 2. The van der Waals surface area contributed by atoms with Gasteiger partial charge in [0.25, 0.3) is 0 Å². The summed E-state index contributed by atoms with van der Waals surface area (Å²) in [5.74, 6) is -0.137. The van der Waals surface area contributed by atoms with Crippen molar-refractivity contribution in [1.29, 1.82) is 0 Å².